The largest absolute Gasteiger partial charge is 0.467 e. The molecule has 1 amide bonds. The highest BCUT2D eigenvalue weighted by Crippen LogP contribution is 2.24. The van der Waals surface area contributed by atoms with E-state index in [-0.39, 0.29) is 5.56 Å². The summed E-state index contributed by atoms with van der Waals surface area (Å²) in [5, 5.41) is 2.63. The number of carbonyl (C=O) groups is 2. The van der Waals surface area contributed by atoms with E-state index in [4.69, 9.17) is 4.74 Å². The summed E-state index contributed by atoms with van der Waals surface area (Å²) in [6.45, 7) is 5.03. The van der Waals surface area contributed by atoms with Crippen LogP contribution < -0.4 is 10.2 Å². The second-order valence-corrected chi connectivity index (χ2v) is 5.99. The number of benzene rings is 1. The van der Waals surface area contributed by atoms with Gasteiger partial charge in [0.15, 0.2) is 0 Å². The molecular formula is C17H23FN2O3. The number of amides is 1. The van der Waals surface area contributed by atoms with Crippen LogP contribution in [-0.2, 0) is 9.53 Å². The van der Waals surface area contributed by atoms with Crippen LogP contribution in [0.3, 0.4) is 0 Å². The Morgan fingerprint density at radius 3 is 2.52 bits per heavy atom. The van der Waals surface area contributed by atoms with Gasteiger partial charge in [-0.2, -0.15) is 0 Å². The van der Waals surface area contributed by atoms with Crippen molar-refractivity contribution in [3.63, 3.8) is 0 Å². The van der Waals surface area contributed by atoms with E-state index in [1.807, 2.05) is 4.90 Å². The molecule has 1 heterocycles. The highest BCUT2D eigenvalue weighted by Gasteiger charge is 2.34. The van der Waals surface area contributed by atoms with E-state index in [1.54, 1.807) is 26.0 Å². The van der Waals surface area contributed by atoms with Gasteiger partial charge in [-0.3, -0.25) is 4.79 Å². The number of methoxy groups -OCH3 is 1. The number of esters is 1. The molecule has 1 aliphatic rings. The van der Waals surface area contributed by atoms with Crippen LogP contribution in [0.1, 0.15) is 43.5 Å². The SMILES string of the molecule is CC[C@@](C)(NC(=O)c1ccc(N2CCCC2)c(F)c1)C(=O)OC. The standard InChI is InChI=1S/C17H23FN2O3/c1-4-17(2,16(22)23-3)19-15(21)12-7-8-14(13(18)11-12)20-9-5-6-10-20/h7-8,11H,4-6,9-10H2,1-3H3,(H,19,21)/t17-/m1/s1. The molecule has 0 spiro atoms. The van der Waals surface area contributed by atoms with Gasteiger partial charge in [0.05, 0.1) is 12.8 Å². The highest BCUT2D eigenvalue weighted by atomic mass is 19.1. The summed E-state index contributed by atoms with van der Waals surface area (Å²) in [6, 6.07) is 4.42. The summed E-state index contributed by atoms with van der Waals surface area (Å²) in [4.78, 5) is 26.1. The maximum absolute atomic E-state index is 14.3. The number of nitrogens with one attached hydrogen (secondary N) is 1. The minimum Gasteiger partial charge on any atom is -0.467 e. The number of rotatable bonds is 5. The number of carbonyl (C=O) groups excluding carboxylic acids is 2. The Morgan fingerprint density at radius 1 is 1.35 bits per heavy atom. The molecule has 0 saturated carbocycles. The first kappa shape index (κ1) is 17.2. The van der Waals surface area contributed by atoms with Crippen molar-refractivity contribution in [1.82, 2.24) is 5.32 Å². The smallest absolute Gasteiger partial charge is 0.331 e. The van der Waals surface area contributed by atoms with Crippen LogP contribution in [0.4, 0.5) is 10.1 Å². The zero-order chi connectivity index (χ0) is 17.0. The van der Waals surface area contributed by atoms with Gasteiger partial charge in [-0.25, -0.2) is 9.18 Å². The van der Waals surface area contributed by atoms with Crippen molar-refractivity contribution in [3.05, 3.63) is 29.6 Å². The second kappa shape index (κ2) is 6.98. The Kier molecular flexibility index (Phi) is 5.23. The fourth-order valence-corrected chi connectivity index (χ4v) is 2.69. The van der Waals surface area contributed by atoms with Gasteiger partial charge >= 0.3 is 5.97 Å². The molecule has 1 aromatic carbocycles. The number of hydrogen-bond donors (Lipinski definition) is 1. The number of halogens is 1. The lowest BCUT2D eigenvalue weighted by Gasteiger charge is -2.26. The van der Waals surface area contributed by atoms with Gasteiger partial charge in [0.1, 0.15) is 11.4 Å². The summed E-state index contributed by atoms with van der Waals surface area (Å²) in [7, 11) is 1.27. The summed E-state index contributed by atoms with van der Waals surface area (Å²) in [5.74, 6) is -1.44. The van der Waals surface area contributed by atoms with Crippen LogP contribution in [0.25, 0.3) is 0 Å². The van der Waals surface area contributed by atoms with Crippen molar-refractivity contribution >= 4 is 17.6 Å². The maximum Gasteiger partial charge on any atom is 0.331 e. The van der Waals surface area contributed by atoms with Crippen LogP contribution in [-0.4, -0.2) is 37.6 Å². The molecule has 0 aromatic heterocycles. The summed E-state index contributed by atoms with van der Waals surface area (Å²) >= 11 is 0. The lowest BCUT2D eigenvalue weighted by Crippen LogP contribution is -2.52. The molecule has 0 unspecified atom stereocenters. The third kappa shape index (κ3) is 3.63. The van der Waals surface area contributed by atoms with Crippen molar-refractivity contribution in [2.24, 2.45) is 0 Å². The average Bonchev–Trinajstić information content (AvgIpc) is 3.07. The van der Waals surface area contributed by atoms with Crippen LogP contribution in [0.15, 0.2) is 18.2 Å². The molecule has 2 rings (SSSR count). The first-order valence-corrected chi connectivity index (χ1v) is 7.86. The van der Waals surface area contributed by atoms with Gasteiger partial charge in [-0.05, 0) is 44.4 Å². The summed E-state index contributed by atoms with van der Waals surface area (Å²) < 4.78 is 19.0. The topological polar surface area (TPSA) is 58.6 Å². The molecular weight excluding hydrogens is 299 g/mol. The minimum atomic E-state index is -1.13. The van der Waals surface area contributed by atoms with Gasteiger partial charge in [-0.1, -0.05) is 6.92 Å². The van der Waals surface area contributed by atoms with Crippen molar-refractivity contribution in [3.8, 4) is 0 Å². The quantitative estimate of drug-likeness (QED) is 0.846. The van der Waals surface area contributed by atoms with E-state index in [0.717, 1.165) is 25.9 Å². The van der Waals surface area contributed by atoms with Crippen LogP contribution in [0, 0.1) is 5.82 Å². The first-order valence-electron chi connectivity index (χ1n) is 7.86. The number of nitrogens with zero attached hydrogens (tertiary/aromatic N) is 1. The third-order valence-electron chi connectivity index (χ3n) is 4.39. The van der Waals surface area contributed by atoms with Crippen molar-refractivity contribution < 1.29 is 18.7 Å². The summed E-state index contributed by atoms with van der Waals surface area (Å²) in [6.07, 6.45) is 2.48. The number of ether oxygens (including phenoxy) is 1. The highest BCUT2D eigenvalue weighted by molar-refractivity contribution is 5.98. The maximum atomic E-state index is 14.3. The molecule has 1 aromatic rings. The lowest BCUT2D eigenvalue weighted by atomic mass is 9.98. The Bertz CT molecular complexity index is 600. The van der Waals surface area contributed by atoms with Crippen molar-refractivity contribution in [2.75, 3.05) is 25.1 Å². The van der Waals surface area contributed by atoms with Crippen molar-refractivity contribution in [2.45, 2.75) is 38.6 Å². The monoisotopic (exact) mass is 322 g/mol. The normalized spacial score (nSPS) is 16.8. The predicted molar refractivity (Wildman–Crippen MR) is 86.0 cm³/mol. The number of hydrogen-bond acceptors (Lipinski definition) is 4. The Hall–Kier alpha value is -2.11. The molecule has 0 aliphatic carbocycles. The zero-order valence-electron chi connectivity index (χ0n) is 13.8. The Morgan fingerprint density at radius 2 is 2.00 bits per heavy atom. The second-order valence-electron chi connectivity index (χ2n) is 5.99. The van der Waals surface area contributed by atoms with Gasteiger partial charge in [-0.15, -0.1) is 0 Å². The van der Waals surface area contributed by atoms with E-state index in [0.29, 0.717) is 12.1 Å². The van der Waals surface area contributed by atoms with Gasteiger partial charge in [0.2, 0.25) is 0 Å². The summed E-state index contributed by atoms with van der Waals surface area (Å²) in [5.41, 5.74) is -0.421. The molecule has 1 atom stereocenters. The molecule has 0 bridgehead atoms. The Labute approximate surface area is 135 Å². The van der Waals surface area contributed by atoms with E-state index < -0.39 is 23.2 Å². The molecule has 1 aliphatic heterocycles. The molecule has 1 N–H and O–H groups in total. The van der Waals surface area contributed by atoms with E-state index >= 15 is 0 Å². The molecule has 1 fully saturated rings. The van der Waals surface area contributed by atoms with E-state index in [2.05, 4.69) is 5.32 Å². The first-order chi connectivity index (χ1) is 10.9. The molecule has 126 valence electrons. The van der Waals surface area contributed by atoms with E-state index in [9.17, 15) is 14.0 Å². The van der Waals surface area contributed by atoms with Gasteiger partial charge in [0, 0.05) is 18.7 Å². The molecule has 6 heteroatoms. The number of anilines is 1. The lowest BCUT2D eigenvalue weighted by molar-refractivity contribution is -0.147. The zero-order valence-corrected chi connectivity index (χ0v) is 13.8. The van der Waals surface area contributed by atoms with Crippen LogP contribution >= 0.6 is 0 Å². The predicted octanol–water partition coefficient (Wildman–Crippen LogP) is 2.50. The minimum absolute atomic E-state index is 0.189. The van der Waals surface area contributed by atoms with Crippen LogP contribution in [0.2, 0.25) is 0 Å². The fraction of sp³-hybridized carbons (Fsp3) is 0.529. The fourth-order valence-electron chi connectivity index (χ4n) is 2.69. The third-order valence-corrected chi connectivity index (χ3v) is 4.39. The Balaban J connectivity index is 2.16. The van der Waals surface area contributed by atoms with Gasteiger partial charge in [0.25, 0.3) is 5.91 Å². The molecule has 0 radical (unpaired) electrons. The van der Waals surface area contributed by atoms with Gasteiger partial charge < -0.3 is 15.0 Å². The van der Waals surface area contributed by atoms with E-state index in [1.165, 1.54) is 13.2 Å². The van der Waals surface area contributed by atoms with Crippen LogP contribution in [0.5, 0.6) is 0 Å². The molecule has 5 nitrogen and oxygen atoms in total. The van der Waals surface area contributed by atoms with Crippen molar-refractivity contribution in [1.29, 1.82) is 0 Å². The molecule has 23 heavy (non-hydrogen) atoms. The average molecular weight is 322 g/mol. The molecule has 1 saturated heterocycles.